The molecule has 0 saturated heterocycles. The summed E-state index contributed by atoms with van der Waals surface area (Å²) >= 11 is 0. The monoisotopic (exact) mass is 381 g/mol. The fraction of sp³-hybridized carbons (Fsp3) is 0.286. The molecule has 0 bridgehead atoms. The standard InChI is InChI=1S/C21H23N3O4/c1-14-6-5-7-15(10-14)20-22-19(23-28-20)8-9-24(2)21(25)16-11-17(26-3)13-18(12-16)27-4/h5-7,10-13H,8-9H2,1-4H3. The van der Waals surface area contributed by atoms with E-state index >= 15 is 0 Å². The summed E-state index contributed by atoms with van der Waals surface area (Å²) < 4.78 is 15.8. The van der Waals surface area contributed by atoms with Gasteiger partial charge in [0, 0.05) is 37.2 Å². The lowest BCUT2D eigenvalue weighted by Crippen LogP contribution is -2.29. The van der Waals surface area contributed by atoms with Gasteiger partial charge in [0.2, 0.25) is 0 Å². The average Bonchev–Trinajstić information content (AvgIpc) is 3.20. The number of rotatable bonds is 7. The molecule has 0 aliphatic rings. The van der Waals surface area contributed by atoms with Crippen LogP contribution in [0.1, 0.15) is 21.7 Å². The Bertz CT molecular complexity index is 946. The second-order valence-electron chi connectivity index (χ2n) is 6.46. The van der Waals surface area contributed by atoms with Crippen molar-refractivity contribution in [2.75, 3.05) is 27.8 Å². The lowest BCUT2D eigenvalue weighted by atomic mass is 10.1. The lowest BCUT2D eigenvalue weighted by Gasteiger charge is -2.17. The molecule has 0 aliphatic carbocycles. The maximum Gasteiger partial charge on any atom is 0.257 e. The van der Waals surface area contributed by atoms with Crippen molar-refractivity contribution in [3.63, 3.8) is 0 Å². The molecular formula is C21H23N3O4. The van der Waals surface area contributed by atoms with E-state index in [4.69, 9.17) is 14.0 Å². The second-order valence-corrected chi connectivity index (χ2v) is 6.46. The number of ether oxygens (including phenoxy) is 2. The third-order valence-electron chi connectivity index (χ3n) is 4.35. The van der Waals surface area contributed by atoms with Crippen LogP contribution in [0.4, 0.5) is 0 Å². The number of benzene rings is 2. The first-order valence-corrected chi connectivity index (χ1v) is 8.88. The minimum Gasteiger partial charge on any atom is -0.497 e. The van der Waals surface area contributed by atoms with E-state index in [1.54, 1.807) is 44.4 Å². The highest BCUT2D eigenvalue weighted by atomic mass is 16.5. The number of carbonyl (C=O) groups is 1. The third-order valence-corrected chi connectivity index (χ3v) is 4.35. The highest BCUT2D eigenvalue weighted by molar-refractivity contribution is 5.95. The SMILES string of the molecule is COc1cc(OC)cc(C(=O)N(C)CCc2noc(-c3cccc(C)c3)n2)c1. The molecule has 0 radical (unpaired) electrons. The van der Waals surface area contributed by atoms with Crippen LogP contribution in [-0.4, -0.2) is 48.8 Å². The van der Waals surface area contributed by atoms with Gasteiger partial charge in [-0.05, 0) is 31.2 Å². The van der Waals surface area contributed by atoms with Gasteiger partial charge in [0.05, 0.1) is 14.2 Å². The zero-order chi connectivity index (χ0) is 20.1. The van der Waals surface area contributed by atoms with Gasteiger partial charge in [-0.2, -0.15) is 4.98 Å². The molecule has 146 valence electrons. The van der Waals surface area contributed by atoms with E-state index in [1.165, 1.54) is 0 Å². The zero-order valence-electron chi connectivity index (χ0n) is 16.4. The van der Waals surface area contributed by atoms with Gasteiger partial charge in [-0.3, -0.25) is 4.79 Å². The van der Waals surface area contributed by atoms with Crippen LogP contribution < -0.4 is 9.47 Å². The Morgan fingerprint density at radius 2 is 1.82 bits per heavy atom. The van der Waals surface area contributed by atoms with Gasteiger partial charge in [-0.1, -0.05) is 22.9 Å². The van der Waals surface area contributed by atoms with Crippen molar-refractivity contribution in [3.8, 4) is 23.0 Å². The quantitative estimate of drug-likeness (QED) is 0.624. The van der Waals surface area contributed by atoms with Crippen LogP contribution in [0.25, 0.3) is 11.5 Å². The number of aryl methyl sites for hydroxylation is 1. The maximum atomic E-state index is 12.7. The number of likely N-dealkylation sites (N-methyl/N-ethyl adjacent to an activating group) is 1. The largest absolute Gasteiger partial charge is 0.497 e. The molecule has 7 heteroatoms. The van der Waals surface area contributed by atoms with E-state index in [9.17, 15) is 4.79 Å². The Balaban J connectivity index is 1.66. The predicted octanol–water partition coefficient (Wildman–Crippen LogP) is 3.38. The maximum absolute atomic E-state index is 12.7. The summed E-state index contributed by atoms with van der Waals surface area (Å²) in [5, 5.41) is 4.02. The van der Waals surface area contributed by atoms with Crippen LogP contribution in [0.3, 0.4) is 0 Å². The summed E-state index contributed by atoms with van der Waals surface area (Å²) in [5.74, 6) is 2.03. The molecule has 28 heavy (non-hydrogen) atoms. The van der Waals surface area contributed by atoms with Crippen molar-refractivity contribution in [2.24, 2.45) is 0 Å². The average molecular weight is 381 g/mol. The molecule has 0 unspecified atom stereocenters. The fourth-order valence-corrected chi connectivity index (χ4v) is 2.77. The van der Waals surface area contributed by atoms with Gasteiger partial charge in [-0.25, -0.2) is 0 Å². The molecule has 2 aromatic carbocycles. The molecular weight excluding hydrogens is 358 g/mol. The summed E-state index contributed by atoms with van der Waals surface area (Å²) in [4.78, 5) is 18.7. The van der Waals surface area contributed by atoms with Crippen molar-refractivity contribution in [3.05, 3.63) is 59.4 Å². The minimum absolute atomic E-state index is 0.139. The lowest BCUT2D eigenvalue weighted by molar-refractivity contribution is 0.0795. The number of nitrogens with zero attached hydrogens (tertiary/aromatic N) is 3. The molecule has 0 aliphatic heterocycles. The Hall–Kier alpha value is -3.35. The molecule has 1 amide bonds. The first-order valence-electron chi connectivity index (χ1n) is 8.88. The molecule has 0 saturated carbocycles. The van der Waals surface area contributed by atoms with Crippen LogP contribution in [0.2, 0.25) is 0 Å². The molecule has 0 fully saturated rings. The second kappa shape index (κ2) is 8.56. The first kappa shape index (κ1) is 19.4. The van der Waals surface area contributed by atoms with Crippen LogP contribution in [0.5, 0.6) is 11.5 Å². The van der Waals surface area contributed by atoms with Crippen LogP contribution in [0, 0.1) is 6.92 Å². The Morgan fingerprint density at radius 3 is 2.46 bits per heavy atom. The number of methoxy groups -OCH3 is 2. The third kappa shape index (κ3) is 4.49. The Morgan fingerprint density at radius 1 is 1.11 bits per heavy atom. The molecule has 1 aromatic heterocycles. The number of carbonyl (C=O) groups excluding carboxylic acids is 1. The van der Waals surface area contributed by atoms with Gasteiger partial charge < -0.3 is 18.9 Å². The van der Waals surface area contributed by atoms with Crippen molar-refractivity contribution in [1.82, 2.24) is 15.0 Å². The van der Waals surface area contributed by atoms with E-state index in [2.05, 4.69) is 10.1 Å². The molecule has 0 spiro atoms. The van der Waals surface area contributed by atoms with Crippen molar-refractivity contribution < 1.29 is 18.8 Å². The first-order chi connectivity index (χ1) is 13.5. The van der Waals surface area contributed by atoms with Gasteiger partial charge in [-0.15, -0.1) is 0 Å². The Kier molecular flexibility index (Phi) is 5.93. The summed E-state index contributed by atoms with van der Waals surface area (Å²) in [5.41, 5.74) is 2.50. The molecule has 3 rings (SSSR count). The normalized spacial score (nSPS) is 10.6. The smallest absolute Gasteiger partial charge is 0.257 e. The summed E-state index contributed by atoms with van der Waals surface area (Å²) in [6, 6.07) is 13.0. The number of hydrogen-bond acceptors (Lipinski definition) is 6. The van der Waals surface area contributed by atoms with Gasteiger partial charge in [0.25, 0.3) is 11.8 Å². The summed E-state index contributed by atoms with van der Waals surface area (Å²) in [6.07, 6.45) is 0.485. The predicted molar refractivity (Wildman–Crippen MR) is 105 cm³/mol. The van der Waals surface area contributed by atoms with E-state index in [1.807, 2.05) is 31.2 Å². The molecule has 0 atom stereocenters. The van der Waals surface area contributed by atoms with Gasteiger partial charge in [0.1, 0.15) is 11.5 Å². The topological polar surface area (TPSA) is 77.7 Å². The van der Waals surface area contributed by atoms with Crippen LogP contribution in [0.15, 0.2) is 47.0 Å². The fourth-order valence-electron chi connectivity index (χ4n) is 2.77. The summed E-state index contributed by atoms with van der Waals surface area (Å²) in [6.45, 7) is 2.46. The molecule has 1 heterocycles. The van der Waals surface area contributed by atoms with Gasteiger partial charge in [0.15, 0.2) is 5.82 Å². The molecule has 7 nitrogen and oxygen atoms in total. The van der Waals surface area contributed by atoms with Crippen molar-refractivity contribution in [2.45, 2.75) is 13.3 Å². The van der Waals surface area contributed by atoms with E-state index in [-0.39, 0.29) is 5.91 Å². The highest BCUT2D eigenvalue weighted by Crippen LogP contribution is 2.23. The number of hydrogen-bond donors (Lipinski definition) is 0. The highest BCUT2D eigenvalue weighted by Gasteiger charge is 2.16. The van der Waals surface area contributed by atoms with Crippen LogP contribution >= 0.6 is 0 Å². The van der Waals surface area contributed by atoms with Gasteiger partial charge >= 0.3 is 0 Å². The van der Waals surface area contributed by atoms with Crippen LogP contribution in [-0.2, 0) is 6.42 Å². The number of aromatic nitrogens is 2. The number of amides is 1. The molecule has 3 aromatic rings. The van der Waals surface area contributed by atoms with E-state index in [0.29, 0.717) is 41.7 Å². The zero-order valence-corrected chi connectivity index (χ0v) is 16.4. The van der Waals surface area contributed by atoms with E-state index in [0.717, 1.165) is 11.1 Å². The van der Waals surface area contributed by atoms with E-state index < -0.39 is 0 Å². The Labute approximate surface area is 163 Å². The van der Waals surface area contributed by atoms with Crippen molar-refractivity contribution in [1.29, 1.82) is 0 Å². The summed E-state index contributed by atoms with van der Waals surface area (Å²) in [7, 11) is 4.83. The molecule has 0 N–H and O–H groups in total. The minimum atomic E-state index is -0.139. The van der Waals surface area contributed by atoms with Crippen molar-refractivity contribution >= 4 is 5.91 Å².